The van der Waals surface area contributed by atoms with Crippen molar-refractivity contribution in [3.05, 3.63) is 162 Å². The molecule has 44 heavy (non-hydrogen) atoms. The first-order valence-electron chi connectivity index (χ1n) is 14.8. The van der Waals surface area contributed by atoms with Gasteiger partial charge in [0.05, 0.1) is 16.3 Å². The third-order valence-electron chi connectivity index (χ3n) is 8.51. The molecule has 8 aromatic rings. The fourth-order valence-corrected chi connectivity index (χ4v) is 7.63. The van der Waals surface area contributed by atoms with E-state index in [1.807, 2.05) is 0 Å². The quantitative estimate of drug-likeness (QED) is 0.224. The lowest BCUT2D eigenvalue weighted by Crippen LogP contribution is -2.19. The minimum Gasteiger partial charge on any atom is -0.455 e. The molecule has 1 aliphatic rings. The highest BCUT2D eigenvalue weighted by atomic mass is 32.1. The van der Waals surface area contributed by atoms with Crippen molar-refractivity contribution in [1.29, 1.82) is 0 Å². The van der Waals surface area contributed by atoms with E-state index < -0.39 is 0 Å². The lowest BCUT2D eigenvalue weighted by atomic mass is 9.93. The second-order valence-corrected chi connectivity index (χ2v) is 12.2. The molecule has 1 atom stereocenters. The number of hydrogen-bond acceptors (Lipinski definition) is 4. The molecule has 0 saturated heterocycles. The first-order chi connectivity index (χ1) is 21.8. The molecule has 0 amide bonds. The zero-order chi connectivity index (χ0) is 29.0. The molecule has 1 unspecified atom stereocenters. The van der Waals surface area contributed by atoms with Crippen LogP contribution < -0.4 is 5.32 Å². The number of furan rings is 1. The van der Waals surface area contributed by atoms with Crippen LogP contribution in [0, 0.1) is 0 Å². The van der Waals surface area contributed by atoms with Gasteiger partial charge >= 0.3 is 0 Å². The van der Waals surface area contributed by atoms with E-state index >= 15 is 0 Å². The fourth-order valence-electron chi connectivity index (χ4n) is 6.45. The van der Waals surface area contributed by atoms with Crippen LogP contribution in [-0.2, 0) is 0 Å². The highest BCUT2D eigenvalue weighted by Crippen LogP contribution is 2.46. The highest BCUT2D eigenvalue weighted by Gasteiger charge is 2.29. The topological polar surface area (TPSA) is 37.5 Å². The van der Waals surface area contributed by atoms with Gasteiger partial charge in [0.2, 0.25) is 0 Å². The van der Waals surface area contributed by atoms with E-state index in [-0.39, 0.29) is 6.17 Å². The summed E-state index contributed by atoms with van der Waals surface area (Å²) in [4.78, 5) is 6.59. The van der Waals surface area contributed by atoms with Crippen molar-refractivity contribution >= 4 is 54.8 Å². The first-order valence-corrected chi connectivity index (χ1v) is 15.7. The predicted molar refractivity (Wildman–Crippen MR) is 185 cm³/mol. The van der Waals surface area contributed by atoms with Crippen molar-refractivity contribution in [2.24, 2.45) is 4.99 Å². The number of aliphatic imine (C=N–C) groups is 1. The van der Waals surface area contributed by atoms with Crippen LogP contribution in [0.15, 0.2) is 155 Å². The molecule has 0 radical (unpaired) electrons. The lowest BCUT2D eigenvalue weighted by Gasteiger charge is -2.24. The normalized spacial score (nSPS) is 14.5. The van der Waals surface area contributed by atoms with E-state index in [1.165, 1.54) is 15.6 Å². The number of benzene rings is 6. The Balaban J connectivity index is 1.36. The monoisotopic (exact) mass is 582 g/mol. The number of hydrogen-bond donors (Lipinski definition) is 1. The van der Waals surface area contributed by atoms with Crippen LogP contribution in [0.3, 0.4) is 0 Å². The van der Waals surface area contributed by atoms with Crippen molar-refractivity contribution < 1.29 is 4.42 Å². The largest absolute Gasteiger partial charge is 0.455 e. The molecule has 208 valence electrons. The van der Waals surface area contributed by atoms with Crippen molar-refractivity contribution in [3.63, 3.8) is 0 Å². The SMILES string of the molecule is c1ccc(-c2cc(-c3ccccc3)c3oc4cccc(C5=NC(c6ccccc6)Nc6c5sc5ccccc65)c4c3c2)cc1. The van der Waals surface area contributed by atoms with E-state index in [2.05, 4.69) is 151 Å². The summed E-state index contributed by atoms with van der Waals surface area (Å²) in [5, 5.41) is 7.19. The van der Waals surface area contributed by atoms with E-state index in [1.54, 1.807) is 11.3 Å². The van der Waals surface area contributed by atoms with Gasteiger partial charge < -0.3 is 9.73 Å². The second-order valence-electron chi connectivity index (χ2n) is 11.2. The predicted octanol–water partition coefficient (Wildman–Crippen LogP) is 11.1. The minimum atomic E-state index is -0.204. The summed E-state index contributed by atoms with van der Waals surface area (Å²) < 4.78 is 8.00. The maximum absolute atomic E-state index is 6.75. The van der Waals surface area contributed by atoms with Crippen LogP contribution in [-0.4, -0.2) is 5.71 Å². The van der Waals surface area contributed by atoms with E-state index in [0.29, 0.717) is 0 Å². The van der Waals surface area contributed by atoms with Gasteiger partial charge in [0.15, 0.2) is 0 Å². The molecule has 6 aromatic carbocycles. The molecule has 9 rings (SSSR count). The van der Waals surface area contributed by atoms with Gasteiger partial charge in [-0.05, 0) is 46.5 Å². The number of rotatable bonds is 4. The molecule has 3 nitrogen and oxygen atoms in total. The molecule has 1 aliphatic heterocycles. The third kappa shape index (κ3) is 3.99. The number of anilines is 1. The summed E-state index contributed by atoms with van der Waals surface area (Å²) in [7, 11) is 0. The molecule has 0 fully saturated rings. The summed E-state index contributed by atoms with van der Waals surface area (Å²) in [6.07, 6.45) is -0.204. The number of thiophene rings is 1. The minimum absolute atomic E-state index is 0.204. The summed E-state index contributed by atoms with van der Waals surface area (Å²) in [5.74, 6) is 0. The Hall–Kier alpha value is -5.45. The van der Waals surface area contributed by atoms with Gasteiger partial charge in [-0.25, -0.2) is 0 Å². The Morgan fingerprint density at radius 3 is 2.09 bits per heavy atom. The molecule has 0 bridgehead atoms. The fraction of sp³-hybridized carbons (Fsp3) is 0.0250. The third-order valence-corrected chi connectivity index (χ3v) is 9.69. The Bertz CT molecular complexity index is 2350. The first kappa shape index (κ1) is 25.1. The Kier molecular flexibility index (Phi) is 5.75. The van der Waals surface area contributed by atoms with Gasteiger partial charge in [0.1, 0.15) is 17.3 Å². The van der Waals surface area contributed by atoms with Gasteiger partial charge in [-0.2, -0.15) is 0 Å². The standard InChI is InChI=1S/C40H26N2OS/c1-4-13-25(14-5-1)28-23-31(26-15-6-2-7-16-26)38-32(24-28)35-30(20-12-21-33(35)43-38)37-39-36(29-19-10-11-22-34(29)44-39)41-40(42-37)27-17-8-3-9-18-27/h1-24,40-41H. The molecule has 0 saturated carbocycles. The van der Waals surface area contributed by atoms with Gasteiger partial charge in [0, 0.05) is 32.0 Å². The van der Waals surface area contributed by atoms with Gasteiger partial charge in [0.25, 0.3) is 0 Å². The molecule has 0 spiro atoms. The Morgan fingerprint density at radius 1 is 0.591 bits per heavy atom. The van der Waals surface area contributed by atoms with Gasteiger partial charge in [-0.15, -0.1) is 11.3 Å². The molecule has 0 aliphatic carbocycles. The lowest BCUT2D eigenvalue weighted by molar-refractivity contribution is 0.670. The van der Waals surface area contributed by atoms with Crippen LogP contribution in [0.1, 0.15) is 22.2 Å². The van der Waals surface area contributed by atoms with Crippen LogP contribution >= 0.6 is 11.3 Å². The zero-order valence-electron chi connectivity index (χ0n) is 23.7. The summed E-state index contributed by atoms with van der Waals surface area (Å²) in [6, 6.07) is 51.2. The van der Waals surface area contributed by atoms with Gasteiger partial charge in [-0.3, -0.25) is 4.99 Å². The molecular formula is C40H26N2OS. The van der Waals surface area contributed by atoms with Crippen molar-refractivity contribution in [3.8, 4) is 22.3 Å². The Morgan fingerprint density at radius 2 is 1.30 bits per heavy atom. The summed E-state index contributed by atoms with van der Waals surface area (Å²) in [6.45, 7) is 0. The van der Waals surface area contributed by atoms with E-state index in [9.17, 15) is 0 Å². The molecule has 4 heteroatoms. The van der Waals surface area contributed by atoms with Crippen molar-refractivity contribution in [2.75, 3.05) is 5.32 Å². The molecule has 2 aromatic heterocycles. The maximum Gasteiger partial charge on any atom is 0.145 e. The van der Waals surface area contributed by atoms with Crippen molar-refractivity contribution in [1.82, 2.24) is 0 Å². The molecular weight excluding hydrogens is 557 g/mol. The summed E-state index contributed by atoms with van der Waals surface area (Å²) >= 11 is 1.79. The van der Waals surface area contributed by atoms with Crippen LogP contribution in [0.25, 0.3) is 54.3 Å². The smallest absolute Gasteiger partial charge is 0.145 e. The number of nitrogens with one attached hydrogen (secondary N) is 1. The number of nitrogens with zero attached hydrogens (tertiary/aromatic N) is 1. The second kappa shape index (κ2) is 10.1. The van der Waals surface area contributed by atoms with Gasteiger partial charge in [-0.1, -0.05) is 121 Å². The van der Waals surface area contributed by atoms with E-state index in [0.717, 1.165) is 66.0 Å². The zero-order valence-corrected chi connectivity index (χ0v) is 24.5. The highest BCUT2D eigenvalue weighted by molar-refractivity contribution is 7.22. The van der Waals surface area contributed by atoms with Crippen LogP contribution in [0.2, 0.25) is 0 Å². The van der Waals surface area contributed by atoms with Crippen molar-refractivity contribution in [2.45, 2.75) is 6.17 Å². The maximum atomic E-state index is 6.75. The average Bonchev–Trinajstić information content (AvgIpc) is 3.67. The Labute approximate surface area is 258 Å². The van der Waals surface area contributed by atoms with E-state index in [4.69, 9.17) is 9.41 Å². The molecule has 3 heterocycles. The number of fused-ring (bicyclic) bond motifs is 6. The average molecular weight is 583 g/mol. The van der Waals surface area contributed by atoms with Crippen LogP contribution in [0.5, 0.6) is 0 Å². The molecule has 1 N–H and O–H groups in total. The van der Waals surface area contributed by atoms with Crippen LogP contribution in [0.4, 0.5) is 5.69 Å². The summed E-state index contributed by atoms with van der Waals surface area (Å²) in [5.41, 5.74) is 10.7.